The number of halogens is 7. The highest BCUT2D eigenvalue weighted by Gasteiger charge is 2.57. The van der Waals surface area contributed by atoms with Gasteiger partial charge in [-0.05, 0) is 79.5 Å². The number of carbonyl (C=O) groups is 1. The van der Waals surface area contributed by atoms with Crippen LogP contribution in [0.2, 0.25) is 5.15 Å². The molecule has 222 valence electrons. The number of pyridine rings is 1. The first-order chi connectivity index (χ1) is 19.8. The Balaban J connectivity index is 1.53. The molecule has 2 aliphatic rings. The third-order valence-corrected chi connectivity index (χ3v) is 8.29. The first-order valence-electron chi connectivity index (χ1n) is 13.4. The molecule has 1 fully saturated rings. The number of piperidine rings is 1. The minimum absolute atomic E-state index is 0.0809. The SMILES string of the molecule is O=C(NCc1ccnc(Cl)c1)[N+]1(C/C=C/c2ccc(C(F)(F)F)cc2)CC2(CCNCC2)c2cc(C(F)(F)F)ccc21. The van der Waals surface area contributed by atoms with Gasteiger partial charge in [0.2, 0.25) is 0 Å². The Hall–Kier alpha value is -3.41. The zero-order valence-electron chi connectivity index (χ0n) is 22.3. The Kier molecular flexibility index (Phi) is 8.12. The summed E-state index contributed by atoms with van der Waals surface area (Å²) in [5, 5.41) is 6.45. The highest BCUT2D eigenvalue weighted by atomic mass is 35.5. The number of aromatic nitrogens is 1. The maximum atomic E-state index is 14.1. The molecule has 42 heavy (non-hydrogen) atoms. The second-order valence-electron chi connectivity index (χ2n) is 10.7. The van der Waals surface area contributed by atoms with E-state index >= 15 is 0 Å². The number of hydrogen-bond acceptors (Lipinski definition) is 3. The summed E-state index contributed by atoms with van der Waals surface area (Å²) in [6.45, 7) is 1.62. The molecule has 1 aromatic heterocycles. The topological polar surface area (TPSA) is 54.0 Å². The Bertz CT molecular complexity index is 1480. The van der Waals surface area contributed by atoms with Crippen LogP contribution in [0.15, 0.2) is 66.9 Å². The Morgan fingerprint density at radius 1 is 0.976 bits per heavy atom. The van der Waals surface area contributed by atoms with E-state index in [1.807, 2.05) is 0 Å². The van der Waals surface area contributed by atoms with Crippen LogP contribution in [0.3, 0.4) is 0 Å². The number of benzene rings is 2. The van der Waals surface area contributed by atoms with Crippen LogP contribution in [-0.2, 0) is 24.3 Å². The largest absolute Gasteiger partial charge is 0.422 e. The predicted octanol–water partition coefficient (Wildman–Crippen LogP) is 7.34. The lowest BCUT2D eigenvalue weighted by atomic mass is 9.74. The number of nitrogens with zero attached hydrogens (tertiary/aromatic N) is 2. The number of amides is 2. The van der Waals surface area contributed by atoms with Gasteiger partial charge in [0.15, 0.2) is 0 Å². The molecule has 2 amide bonds. The van der Waals surface area contributed by atoms with E-state index in [2.05, 4.69) is 15.6 Å². The van der Waals surface area contributed by atoms with E-state index < -0.39 is 34.9 Å². The zero-order valence-corrected chi connectivity index (χ0v) is 23.1. The molecule has 0 radical (unpaired) electrons. The van der Waals surface area contributed by atoms with Crippen LogP contribution < -0.4 is 15.1 Å². The maximum Gasteiger partial charge on any atom is 0.422 e. The van der Waals surface area contributed by atoms with Gasteiger partial charge in [-0.25, -0.2) is 14.3 Å². The second-order valence-corrected chi connectivity index (χ2v) is 11.1. The van der Waals surface area contributed by atoms with Gasteiger partial charge in [-0.1, -0.05) is 29.8 Å². The van der Waals surface area contributed by atoms with Crippen molar-refractivity contribution in [1.29, 1.82) is 0 Å². The predicted molar refractivity (Wildman–Crippen MR) is 149 cm³/mol. The van der Waals surface area contributed by atoms with Crippen molar-refractivity contribution in [3.05, 3.63) is 99.8 Å². The zero-order chi connectivity index (χ0) is 30.2. The molecule has 2 aliphatic heterocycles. The molecule has 5 nitrogen and oxygen atoms in total. The molecule has 12 heteroatoms. The Morgan fingerprint density at radius 3 is 2.29 bits per heavy atom. The van der Waals surface area contributed by atoms with Gasteiger partial charge in [0.1, 0.15) is 23.9 Å². The number of rotatable bonds is 5. The van der Waals surface area contributed by atoms with E-state index in [0.717, 1.165) is 18.2 Å². The van der Waals surface area contributed by atoms with Crippen LogP contribution in [0, 0.1) is 0 Å². The van der Waals surface area contributed by atoms with Crippen LogP contribution in [0.1, 0.15) is 40.7 Å². The first kappa shape index (κ1) is 30.1. The van der Waals surface area contributed by atoms with Crippen molar-refractivity contribution in [3.8, 4) is 0 Å². The number of carbonyl (C=O) groups excluding carboxylic acids is 1. The van der Waals surface area contributed by atoms with E-state index in [0.29, 0.717) is 48.3 Å². The van der Waals surface area contributed by atoms with Crippen molar-refractivity contribution in [2.75, 3.05) is 26.2 Å². The number of nitrogens with one attached hydrogen (secondary N) is 2. The quantitative estimate of drug-likeness (QED) is 0.181. The van der Waals surface area contributed by atoms with E-state index in [1.165, 1.54) is 30.5 Å². The van der Waals surface area contributed by atoms with Gasteiger partial charge >= 0.3 is 18.4 Å². The molecule has 0 bridgehead atoms. The lowest BCUT2D eigenvalue weighted by Gasteiger charge is -2.36. The molecule has 3 heterocycles. The van der Waals surface area contributed by atoms with Gasteiger partial charge in [-0.2, -0.15) is 26.3 Å². The van der Waals surface area contributed by atoms with Crippen molar-refractivity contribution in [2.24, 2.45) is 0 Å². The van der Waals surface area contributed by atoms with Crippen LogP contribution >= 0.6 is 11.6 Å². The van der Waals surface area contributed by atoms with Crippen LogP contribution in [0.25, 0.3) is 6.08 Å². The van der Waals surface area contributed by atoms with Crippen molar-refractivity contribution in [1.82, 2.24) is 20.1 Å². The summed E-state index contributed by atoms with van der Waals surface area (Å²) >= 11 is 5.99. The van der Waals surface area contributed by atoms with Crippen molar-refractivity contribution in [2.45, 2.75) is 37.2 Å². The third kappa shape index (κ3) is 6.04. The normalized spacial score (nSPS) is 20.2. The van der Waals surface area contributed by atoms with Gasteiger partial charge < -0.3 is 10.6 Å². The van der Waals surface area contributed by atoms with Gasteiger partial charge in [-0.3, -0.25) is 0 Å². The van der Waals surface area contributed by atoms with Crippen molar-refractivity contribution >= 4 is 29.4 Å². The fraction of sp³-hybridized carbons (Fsp3) is 0.333. The molecule has 2 N–H and O–H groups in total. The molecule has 2 aromatic carbocycles. The molecule has 1 atom stereocenters. The minimum atomic E-state index is -4.55. The second kappa shape index (κ2) is 11.3. The highest BCUT2D eigenvalue weighted by Crippen LogP contribution is 2.51. The molecular weight excluding hydrogens is 582 g/mol. The van der Waals surface area contributed by atoms with E-state index in [9.17, 15) is 31.1 Å². The highest BCUT2D eigenvalue weighted by molar-refractivity contribution is 6.29. The van der Waals surface area contributed by atoms with Gasteiger partial charge in [0, 0.05) is 24.4 Å². The standard InChI is InChI=1S/C30H27ClF6N4O/c31-26-16-21(9-12-39-26)18-40-27(42)41(15-1-2-20-3-5-22(6-4-20)29(32,33)34)19-28(10-13-38-14-11-28)24-17-23(30(35,36)37)7-8-25(24)41/h1-9,12,16-17,38H,10-11,13-15,18-19H2/p+1/b2-1+. The molecule has 1 unspecified atom stereocenters. The number of alkyl halides is 6. The van der Waals surface area contributed by atoms with Crippen LogP contribution in [0.5, 0.6) is 0 Å². The fourth-order valence-corrected chi connectivity index (χ4v) is 6.19. The number of fused-ring (bicyclic) bond motifs is 2. The summed E-state index contributed by atoms with van der Waals surface area (Å²) in [6, 6.07) is 11.1. The van der Waals surface area contributed by atoms with Crippen molar-refractivity contribution in [3.63, 3.8) is 0 Å². The number of hydrogen-bond donors (Lipinski definition) is 2. The van der Waals surface area contributed by atoms with E-state index in [-0.39, 0.29) is 29.3 Å². The summed E-state index contributed by atoms with van der Waals surface area (Å²) in [4.78, 5) is 18.0. The summed E-state index contributed by atoms with van der Waals surface area (Å²) in [7, 11) is 0. The number of quaternary nitrogens is 1. The minimum Gasteiger partial charge on any atom is -0.317 e. The number of urea groups is 1. The fourth-order valence-electron chi connectivity index (χ4n) is 5.99. The first-order valence-corrected chi connectivity index (χ1v) is 13.7. The van der Waals surface area contributed by atoms with E-state index in [1.54, 1.807) is 24.3 Å². The molecule has 0 saturated carbocycles. The molecule has 1 spiro atoms. The summed E-state index contributed by atoms with van der Waals surface area (Å²) in [5.41, 5.74) is -0.0361. The third-order valence-electron chi connectivity index (χ3n) is 8.08. The van der Waals surface area contributed by atoms with Crippen LogP contribution in [0.4, 0.5) is 36.8 Å². The molecule has 0 aliphatic carbocycles. The van der Waals surface area contributed by atoms with Crippen LogP contribution in [-0.4, -0.2) is 37.2 Å². The summed E-state index contributed by atoms with van der Waals surface area (Å²) < 4.78 is 80.1. The van der Waals surface area contributed by atoms with Gasteiger partial charge in [-0.15, -0.1) is 0 Å². The lowest BCUT2D eigenvalue weighted by molar-refractivity contribution is -0.138. The summed E-state index contributed by atoms with van der Waals surface area (Å²) in [5.74, 6) is 0. The average molecular weight is 610 g/mol. The molecule has 5 rings (SSSR count). The summed E-state index contributed by atoms with van der Waals surface area (Å²) in [6.07, 6.45) is -3.09. The Labute approximate surface area is 243 Å². The average Bonchev–Trinajstić information content (AvgIpc) is 3.21. The van der Waals surface area contributed by atoms with Gasteiger partial charge in [0.25, 0.3) is 0 Å². The molecule has 1 saturated heterocycles. The lowest BCUT2D eigenvalue weighted by Crippen LogP contribution is -2.60. The van der Waals surface area contributed by atoms with Gasteiger partial charge in [0.05, 0.1) is 16.5 Å². The maximum absolute atomic E-state index is 14.1. The molecular formula is C30H28ClF6N4O+. The smallest absolute Gasteiger partial charge is 0.317 e. The molecule has 3 aromatic rings. The van der Waals surface area contributed by atoms with Crippen molar-refractivity contribution < 1.29 is 31.1 Å². The Morgan fingerprint density at radius 2 is 1.64 bits per heavy atom. The monoisotopic (exact) mass is 609 g/mol. The van der Waals surface area contributed by atoms with E-state index in [4.69, 9.17) is 11.6 Å².